The lowest BCUT2D eigenvalue weighted by Crippen LogP contribution is -2.28. The number of carbonyl (C=O) groups excluding carboxylic acids is 2. The zero-order valence-corrected chi connectivity index (χ0v) is 20.3. The van der Waals surface area contributed by atoms with Crippen molar-refractivity contribution in [2.45, 2.75) is 57.8 Å². The molecule has 1 aliphatic carbocycles. The van der Waals surface area contributed by atoms with Crippen molar-refractivity contribution in [3.63, 3.8) is 0 Å². The number of aromatic nitrogens is 2. The average Bonchev–Trinajstić information content (AvgIpc) is 3.58. The van der Waals surface area contributed by atoms with E-state index in [1.54, 1.807) is 25.1 Å². The predicted octanol–water partition coefficient (Wildman–Crippen LogP) is 3.09. The normalized spacial score (nSPS) is 13.7. The smallest absolute Gasteiger partial charge is 0.240 e. The van der Waals surface area contributed by atoms with E-state index < -0.39 is 10.0 Å². The van der Waals surface area contributed by atoms with Crippen molar-refractivity contribution < 1.29 is 18.0 Å². The molecule has 0 amide bonds. The summed E-state index contributed by atoms with van der Waals surface area (Å²) >= 11 is 0. The fraction of sp³-hybridized carbons (Fsp3) is 0.500. The Morgan fingerprint density at radius 3 is 2.58 bits per heavy atom. The van der Waals surface area contributed by atoms with Crippen LogP contribution in [0.5, 0.6) is 0 Å². The Morgan fingerprint density at radius 2 is 1.94 bits per heavy atom. The highest BCUT2D eigenvalue weighted by molar-refractivity contribution is 7.89. The van der Waals surface area contributed by atoms with Crippen LogP contribution in [0.25, 0.3) is 0 Å². The molecule has 1 aromatic carbocycles. The molecule has 0 saturated heterocycles. The summed E-state index contributed by atoms with van der Waals surface area (Å²) in [5, 5.41) is 0. The third-order valence-electron chi connectivity index (χ3n) is 5.68. The fourth-order valence-corrected chi connectivity index (χ4v) is 4.71. The summed E-state index contributed by atoms with van der Waals surface area (Å²) in [5.41, 5.74) is 1.80. The van der Waals surface area contributed by atoms with E-state index in [9.17, 15) is 18.0 Å². The van der Waals surface area contributed by atoms with Gasteiger partial charge in [-0.1, -0.05) is 13.0 Å². The highest BCUT2D eigenvalue weighted by atomic mass is 32.2. The van der Waals surface area contributed by atoms with Gasteiger partial charge in [-0.3, -0.25) is 9.59 Å². The maximum Gasteiger partial charge on any atom is 0.240 e. The summed E-state index contributed by atoms with van der Waals surface area (Å²) in [5.74, 6) is 1.26. The molecule has 8 nitrogen and oxygen atoms in total. The van der Waals surface area contributed by atoms with E-state index in [2.05, 4.69) is 26.5 Å². The van der Waals surface area contributed by atoms with E-state index in [1.807, 2.05) is 0 Å². The molecule has 1 aromatic heterocycles. The van der Waals surface area contributed by atoms with Gasteiger partial charge in [0.1, 0.15) is 23.6 Å². The number of benzene rings is 1. The highest BCUT2D eigenvalue weighted by Crippen LogP contribution is 2.31. The van der Waals surface area contributed by atoms with Gasteiger partial charge in [0.25, 0.3) is 0 Å². The van der Waals surface area contributed by atoms with E-state index >= 15 is 0 Å². The Morgan fingerprint density at radius 1 is 1.18 bits per heavy atom. The first-order valence-electron chi connectivity index (χ1n) is 11.4. The predicted molar refractivity (Wildman–Crippen MR) is 127 cm³/mol. The van der Waals surface area contributed by atoms with Gasteiger partial charge in [-0.05, 0) is 62.3 Å². The molecule has 2 aromatic rings. The van der Waals surface area contributed by atoms with E-state index in [4.69, 9.17) is 0 Å². The van der Waals surface area contributed by atoms with Crippen molar-refractivity contribution in [1.82, 2.24) is 14.7 Å². The number of ketones is 2. The molecule has 3 rings (SSSR count). The number of anilines is 1. The molecule has 178 valence electrons. The molecule has 1 aliphatic rings. The molecule has 0 bridgehead atoms. The standard InChI is InChI=1S/C24H32N4O4S/c1-4-11-28(15-19-5-6-19)24-14-22(25-16-26-24)23(30)13-20-7-8-21(12-17(20)2)33(31,32)27-10-9-18(3)29/h7-8,12,14,16,19,27H,4-6,9-11,13,15H2,1-3H3. The molecule has 0 radical (unpaired) electrons. The maximum absolute atomic E-state index is 12.9. The Kier molecular flexibility index (Phi) is 8.31. The molecule has 0 aliphatic heterocycles. The summed E-state index contributed by atoms with van der Waals surface area (Å²) in [6, 6.07) is 6.44. The second-order valence-electron chi connectivity index (χ2n) is 8.69. The van der Waals surface area contributed by atoms with E-state index in [-0.39, 0.29) is 35.8 Å². The first-order chi connectivity index (χ1) is 15.7. The third-order valence-corrected chi connectivity index (χ3v) is 7.13. The van der Waals surface area contributed by atoms with Crippen LogP contribution in [-0.4, -0.2) is 49.6 Å². The zero-order chi connectivity index (χ0) is 24.0. The molecule has 0 spiro atoms. The van der Waals surface area contributed by atoms with Gasteiger partial charge in [0.15, 0.2) is 5.78 Å². The molecule has 1 fully saturated rings. The number of nitrogens with zero attached hydrogens (tertiary/aromatic N) is 3. The van der Waals surface area contributed by atoms with Gasteiger partial charge in [0.2, 0.25) is 10.0 Å². The number of carbonyl (C=O) groups is 2. The summed E-state index contributed by atoms with van der Waals surface area (Å²) in [6.45, 7) is 7.21. The Labute approximate surface area is 195 Å². The monoisotopic (exact) mass is 472 g/mol. The largest absolute Gasteiger partial charge is 0.356 e. The van der Waals surface area contributed by atoms with Crippen molar-refractivity contribution in [3.05, 3.63) is 47.4 Å². The van der Waals surface area contributed by atoms with Gasteiger partial charge in [-0.15, -0.1) is 0 Å². The minimum absolute atomic E-state index is 0.0583. The first kappa shape index (κ1) is 25.0. The molecule has 1 saturated carbocycles. The quantitative estimate of drug-likeness (QED) is 0.446. The lowest BCUT2D eigenvalue weighted by molar-refractivity contribution is -0.116. The lowest BCUT2D eigenvalue weighted by atomic mass is 10.0. The van der Waals surface area contributed by atoms with Crippen LogP contribution in [-0.2, 0) is 21.2 Å². The maximum atomic E-state index is 12.9. The summed E-state index contributed by atoms with van der Waals surface area (Å²) in [7, 11) is -3.71. The Hall–Kier alpha value is -2.65. The van der Waals surface area contributed by atoms with Crippen LogP contribution >= 0.6 is 0 Å². The van der Waals surface area contributed by atoms with Crippen LogP contribution in [0.15, 0.2) is 35.5 Å². The topological polar surface area (TPSA) is 109 Å². The Bertz CT molecular complexity index is 1110. The molecule has 9 heteroatoms. The van der Waals surface area contributed by atoms with Crippen molar-refractivity contribution in [1.29, 1.82) is 0 Å². The molecule has 0 unspecified atom stereocenters. The fourth-order valence-electron chi connectivity index (χ4n) is 3.60. The number of aryl methyl sites for hydroxylation is 1. The highest BCUT2D eigenvalue weighted by Gasteiger charge is 2.25. The molecular formula is C24H32N4O4S. The minimum atomic E-state index is -3.71. The van der Waals surface area contributed by atoms with Crippen molar-refractivity contribution in [3.8, 4) is 0 Å². The van der Waals surface area contributed by atoms with Gasteiger partial charge < -0.3 is 4.90 Å². The number of hydrogen-bond donors (Lipinski definition) is 1. The number of hydrogen-bond acceptors (Lipinski definition) is 7. The van der Waals surface area contributed by atoms with Gasteiger partial charge >= 0.3 is 0 Å². The third kappa shape index (κ3) is 7.17. The van der Waals surface area contributed by atoms with Crippen LogP contribution in [0.3, 0.4) is 0 Å². The van der Waals surface area contributed by atoms with E-state index in [0.29, 0.717) is 17.2 Å². The minimum Gasteiger partial charge on any atom is -0.356 e. The van der Waals surface area contributed by atoms with Crippen molar-refractivity contribution >= 4 is 27.4 Å². The molecule has 33 heavy (non-hydrogen) atoms. The SMILES string of the molecule is CCCN(CC1CC1)c1cc(C(=O)Cc2ccc(S(=O)(=O)NCCC(C)=O)cc2C)ncn1. The van der Waals surface area contributed by atoms with Gasteiger partial charge in [-0.25, -0.2) is 23.1 Å². The second-order valence-corrected chi connectivity index (χ2v) is 10.5. The first-order valence-corrected chi connectivity index (χ1v) is 12.9. The number of Topliss-reactive ketones (excluding diaryl/α,β-unsaturated/α-hetero) is 2. The zero-order valence-electron chi connectivity index (χ0n) is 19.5. The summed E-state index contributed by atoms with van der Waals surface area (Å²) < 4.78 is 27.3. The van der Waals surface area contributed by atoms with Crippen molar-refractivity contribution in [2.24, 2.45) is 5.92 Å². The Balaban J connectivity index is 1.70. The van der Waals surface area contributed by atoms with Gasteiger partial charge in [0.05, 0.1) is 4.90 Å². The molecular weight excluding hydrogens is 440 g/mol. The van der Waals surface area contributed by atoms with E-state index in [0.717, 1.165) is 30.9 Å². The van der Waals surface area contributed by atoms with Crippen LogP contribution in [0.4, 0.5) is 5.82 Å². The number of nitrogens with one attached hydrogen (secondary N) is 1. The summed E-state index contributed by atoms with van der Waals surface area (Å²) in [4.78, 5) is 34.9. The lowest BCUT2D eigenvalue weighted by Gasteiger charge is -2.23. The number of sulfonamides is 1. The van der Waals surface area contributed by atoms with Crippen LogP contribution in [0.2, 0.25) is 0 Å². The average molecular weight is 473 g/mol. The second kappa shape index (κ2) is 11.0. The summed E-state index contributed by atoms with van der Waals surface area (Å²) in [6.07, 6.45) is 5.19. The van der Waals surface area contributed by atoms with Gasteiger partial charge in [-0.2, -0.15) is 0 Å². The number of rotatable bonds is 13. The molecule has 1 heterocycles. The van der Waals surface area contributed by atoms with Crippen molar-refractivity contribution in [2.75, 3.05) is 24.5 Å². The van der Waals surface area contributed by atoms with Crippen LogP contribution in [0.1, 0.15) is 61.1 Å². The van der Waals surface area contributed by atoms with Gasteiger partial charge in [0, 0.05) is 38.5 Å². The molecule has 1 N–H and O–H groups in total. The van der Waals surface area contributed by atoms with Crippen LogP contribution < -0.4 is 9.62 Å². The van der Waals surface area contributed by atoms with E-state index in [1.165, 1.54) is 32.2 Å². The molecule has 0 atom stereocenters. The van der Waals surface area contributed by atoms with Crippen LogP contribution in [0, 0.1) is 12.8 Å².